The van der Waals surface area contributed by atoms with E-state index >= 15 is 0 Å². The molecule has 0 aliphatic carbocycles. The van der Waals surface area contributed by atoms with Crippen LogP contribution < -0.4 is 15.1 Å². The first-order valence-corrected chi connectivity index (χ1v) is 12.0. The van der Waals surface area contributed by atoms with Crippen molar-refractivity contribution in [2.45, 2.75) is 25.1 Å². The number of hydrogen-bond acceptors (Lipinski definition) is 3. The Kier molecular flexibility index (Phi) is 6.41. The second-order valence-electron chi connectivity index (χ2n) is 9.22. The fraction of sp³-hybridized carbons (Fsp3) is 0.321. The molecule has 0 saturated carbocycles. The zero-order valence-electron chi connectivity index (χ0n) is 19.3. The molecule has 7 heteroatoms. The molecule has 2 atom stereocenters. The van der Waals surface area contributed by atoms with Crippen molar-refractivity contribution in [1.82, 2.24) is 5.32 Å². The van der Waals surface area contributed by atoms with Crippen LogP contribution in [-0.2, 0) is 23.8 Å². The van der Waals surface area contributed by atoms with E-state index in [-0.39, 0.29) is 11.9 Å². The highest BCUT2D eigenvalue weighted by Crippen LogP contribution is 2.40. The topological polar surface area (TPSA) is 35.6 Å². The number of carbonyl (C=O) groups excluding carboxylic acids is 1. The van der Waals surface area contributed by atoms with Crippen LogP contribution in [0, 0.1) is 5.92 Å². The van der Waals surface area contributed by atoms with Gasteiger partial charge in [-0.05, 0) is 54.3 Å². The summed E-state index contributed by atoms with van der Waals surface area (Å²) in [5.41, 5.74) is 2.96. The first kappa shape index (κ1) is 23.3. The van der Waals surface area contributed by atoms with Crippen molar-refractivity contribution in [1.29, 1.82) is 0 Å². The normalized spacial score (nSPS) is 19.6. The molecule has 2 aliphatic heterocycles. The van der Waals surface area contributed by atoms with Gasteiger partial charge in [0.15, 0.2) is 0 Å². The van der Waals surface area contributed by atoms with E-state index in [9.17, 15) is 18.0 Å². The number of amides is 1. The summed E-state index contributed by atoms with van der Waals surface area (Å²) in [6.45, 7) is 2.51. The number of piperazine rings is 1. The third-order valence-corrected chi connectivity index (χ3v) is 7.05. The molecular formula is C28H28F3N3O. The number of para-hydroxylation sites is 1. The Morgan fingerprint density at radius 1 is 0.943 bits per heavy atom. The van der Waals surface area contributed by atoms with E-state index in [0.29, 0.717) is 38.0 Å². The Hall–Kier alpha value is -3.48. The minimum atomic E-state index is -4.41. The van der Waals surface area contributed by atoms with Gasteiger partial charge in [-0.2, -0.15) is 13.2 Å². The van der Waals surface area contributed by atoms with Crippen LogP contribution in [0.3, 0.4) is 0 Å². The summed E-state index contributed by atoms with van der Waals surface area (Å²) in [5.74, 6) is -0.540. The molecule has 0 aromatic heterocycles. The maximum absolute atomic E-state index is 13.4. The summed E-state index contributed by atoms with van der Waals surface area (Å²) in [4.78, 5) is 17.8. The molecule has 0 unspecified atom stereocenters. The van der Waals surface area contributed by atoms with Crippen molar-refractivity contribution in [2.75, 3.05) is 36.0 Å². The Labute approximate surface area is 203 Å². The van der Waals surface area contributed by atoms with Gasteiger partial charge in [0.1, 0.15) is 0 Å². The second kappa shape index (κ2) is 9.64. The van der Waals surface area contributed by atoms with Gasteiger partial charge in [0.25, 0.3) is 0 Å². The molecule has 3 aromatic rings. The van der Waals surface area contributed by atoms with E-state index in [1.54, 1.807) is 6.07 Å². The van der Waals surface area contributed by atoms with Crippen molar-refractivity contribution in [2.24, 2.45) is 5.92 Å². The summed E-state index contributed by atoms with van der Waals surface area (Å²) < 4.78 is 40.2. The molecule has 0 spiro atoms. The zero-order valence-corrected chi connectivity index (χ0v) is 19.3. The Balaban J connectivity index is 1.40. The number of carbonyl (C=O) groups is 1. The molecule has 4 nitrogen and oxygen atoms in total. The fourth-order valence-corrected chi connectivity index (χ4v) is 5.28. The summed E-state index contributed by atoms with van der Waals surface area (Å²) in [6, 6.07) is 23.8. The monoisotopic (exact) mass is 479 g/mol. The largest absolute Gasteiger partial charge is 0.416 e. The maximum atomic E-state index is 13.4. The van der Waals surface area contributed by atoms with Crippen molar-refractivity contribution in [3.63, 3.8) is 0 Å². The number of halogens is 3. The fourth-order valence-electron chi connectivity index (χ4n) is 5.28. The molecule has 0 bridgehead atoms. The molecule has 1 N–H and O–H groups in total. The van der Waals surface area contributed by atoms with Crippen LogP contribution in [0.4, 0.5) is 24.5 Å². The van der Waals surface area contributed by atoms with Crippen molar-refractivity contribution in [3.8, 4) is 0 Å². The second-order valence-corrected chi connectivity index (χ2v) is 9.22. The number of nitrogens with one attached hydrogen (secondary N) is 1. The van der Waals surface area contributed by atoms with Crippen LogP contribution in [0.25, 0.3) is 0 Å². The Morgan fingerprint density at radius 3 is 2.37 bits per heavy atom. The highest BCUT2D eigenvalue weighted by atomic mass is 19.4. The lowest BCUT2D eigenvalue weighted by molar-refractivity contribution is -0.137. The van der Waals surface area contributed by atoms with Gasteiger partial charge in [-0.3, -0.25) is 4.79 Å². The van der Waals surface area contributed by atoms with Gasteiger partial charge in [0.05, 0.1) is 17.5 Å². The number of hydrogen-bond donors (Lipinski definition) is 1. The van der Waals surface area contributed by atoms with Crippen molar-refractivity contribution in [3.05, 3.63) is 95.6 Å². The van der Waals surface area contributed by atoms with Crippen LogP contribution in [0.1, 0.15) is 16.7 Å². The number of alkyl halides is 3. The summed E-state index contributed by atoms with van der Waals surface area (Å²) >= 11 is 0. The summed E-state index contributed by atoms with van der Waals surface area (Å²) in [6.07, 6.45) is -3.41. The molecule has 1 amide bonds. The van der Waals surface area contributed by atoms with Crippen LogP contribution in [0.15, 0.2) is 78.9 Å². The first-order chi connectivity index (χ1) is 16.9. The third-order valence-electron chi connectivity index (χ3n) is 7.05. The van der Waals surface area contributed by atoms with Gasteiger partial charge in [0.2, 0.25) is 5.91 Å². The Bertz CT molecular complexity index is 1170. The van der Waals surface area contributed by atoms with Gasteiger partial charge in [-0.15, -0.1) is 0 Å². The third kappa shape index (κ3) is 4.99. The summed E-state index contributed by atoms with van der Waals surface area (Å²) in [5, 5.41) is 3.06. The lowest BCUT2D eigenvalue weighted by Gasteiger charge is -2.49. The maximum Gasteiger partial charge on any atom is 0.416 e. The van der Waals surface area contributed by atoms with E-state index in [1.165, 1.54) is 6.07 Å². The zero-order chi connectivity index (χ0) is 24.4. The van der Waals surface area contributed by atoms with Crippen LogP contribution >= 0.6 is 0 Å². The highest BCUT2D eigenvalue weighted by molar-refractivity contribution is 5.82. The number of rotatable bonds is 5. The number of nitrogens with zero attached hydrogens (tertiary/aromatic N) is 2. The van der Waals surface area contributed by atoms with E-state index in [1.807, 2.05) is 48.5 Å². The van der Waals surface area contributed by atoms with Gasteiger partial charge in [-0.1, -0.05) is 48.5 Å². The molecule has 2 heterocycles. The highest BCUT2D eigenvalue weighted by Gasteiger charge is 2.42. The molecule has 1 saturated heterocycles. The average Bonchev–Trinajstić information content (AvgIpc) is 2.88. The standard InChI is InChI=1S/C28H28F3N3O/c29-28(30,31)22-11-12-25-21(17-22)18-24(27(35)32-14-13-20-7-3-1-4-8-20)26-19-33(15-16-34(25)26)23-9-5-2-6-10-23/h1-12,17,24,26H,13-16,18-19H2,(H,32,35)/t24-,26-/m0/s1. The molecule has 0 radical (unpaired) electrons. The quantitative estimate of drug-likeness (QED) is 0.564. The smallest absolute Gasteiger partial charge is 0.368 e. The molecule has 182 valence electrons. The van der Waals surface area contributed by atoms with Crippen LogP contribution in [0.2, 0.25) is 0 Å². The van der Waals surface area contributed by atoms with Crippen molar-refractivity contribution >= 4 is 17.3 Å². The van der Waals surface area contributed by atoms with Gasteiger partial charge < -0.3 is 15.1 Å². The minimum absolute atomic E-state index is 0.103. The molecular weight excluding hydrogens is 451 g/mol. The molecule has 35 heavy (non-hydrogen) atoms. The van der Waals surface area contributed by atoms with Crippen LogP contribution in [0.5, 0.6) is 0 Å². The number of benzene rings is 3. The first-order valence-electron chi connectivity index (χ1n) is 12.0. The minimum Gasteiger partial charge on any atom is -0.368 e. The lowest BCUT2D eigenvalue weighted by Crippen LogP contribution is -2.61. The van der Waals surface area contributed by atoms with Gasteiger partial charge in [0, 0.05) is 37.6 Å². The number of anilines is 2. The van der Waals surface area contributed by atoms with Crippen molar-refractivity contribution < 1.29 is 18.0 Å². The van der Waals surface area contributed by atoms with Crippen LogP contribution in [-0.4, -0.2) is 38.1 Å². The molecule has 3 aromatic carbocycles. The van der Waals surface area contributed by atoms with E-state index < -0.39 is 17.7 Å². The van der Waals surface area contributed by atoms with Gasteiger partial charge >= 0.3 is 6.18 Å². The number of fused-ring (bicyclic) bond motifs is 3. The molecule has 1 fully saturated rings. The van der Waals surface area contributed by atoms with Gasteiger partial charge in [-0.25, -0.2) is 0 Å². The SMILES string of the molecule is O=C(NCCc1ccccc1)[C@H]1Cc2cc(C(F)(F)F)ccc2N2CCN(c3ccccc3)C[C@@H]12. The molecule has 5 rings (SSSR count). The Morgan fingerprint density at radius 2 is 1.66 bits per heavy atom. The van der Waals surface area contributed by atoms with E-state index in [2.05, 4.69) is 27.2 Å². The average molecular weight is 480 g/mol. The summed E-state index contributed by atoms with van der Waals surface area (Å²) in [7, 11) is 0. The lowest BCUT2D eigenvalue weighted by atomic mass is 9.82. The van der Waals surface area contributed by atoms with E-state index in [4.69, 9.17) is 0 Å². The van der Waals surface area contributed by atoms with E-state index in [0.717, 1.165) is 29.5 Å². The predicted octanol–water partition coefficient (Wildman–Crippen LogP) is 4.93. The predicted molar refractivity (Wildman–Crippen MR) is 132 cm³/mol. The molecule has 2 aliphatic rings.